The van der Waals surface area contributed by atoms with Gasteiger partial charge in [0, 0.05) is 50.0 Å². The molecule has 45 heavy (non-hydrogen) atoms. The number of hydrogen-bond acceptors (Lipinski definition) is 3. The molecule has 2 aromatic carbocycles. The Hall–Kier alpha value is -4.01. The molecule has 0 aliphatic carbocycles. The van der Waals surface area contributed by atoms with Gasteiger partial charge in [-0.25, -0.2) is 13.8 Å². The van der Waals surface area contributed by atoms with Crippen molar-refractivity contribution >= 4 is 28.0 Å². The van der Waals surface area contributed by atoms with Crippen LogP contribution in [0.1, 0.15) is 68.9 Å². The molecule has 1 fully saturated rings. The molecule has 0 saturated carbocycles. The zero-order valence-electron chi connectivity index (χ0n) is 26.0. The van der Waals surface area contributed by atoms with Gasteiger partial charge in [0.1, 0.15) is 5.82 Å². The van der Waals surface area contributed by atoms with Crippen molar-refractivity contribution < 1.29 is 22.0 Å². The Morgan fingerprint density at radius 1 is 1.07 bits per heavy atom. The smallest absolute Gasteiger partial charge is 0.359 e. The van der Waals surface area contributed by atoms with Crippen LogP contribution in [0.5, 0.6) is 0 Å². The summed E-state index contributed by atoms with van der Waals surface area (Å²) in [6.07, 6.45) is 0.599. The van der Waals surface area contributed by atoms with E-state index in [2.05, 4.69) is 60.9 Å². The van der Waals surface area contributed by atoms with Crippen LogP contribution in [0, 0.1) is 31.4 Å². The Bertz CT molecular complexity index is 1680. The second-order valence-corrected chi connectivity index (χ2v) is 11.7. The molecule has 5 rings (SSSR count). The van der Waals surface area contributed by atoms with Gasteiger partial charge in [-0.15, -0.1) is 0 Å². The molecule has 0 unspecified atom stereocenters. The minimum Gasteiger partial charge on any atom is -0.359 e. The number of alkyl halides is 3. The number of anilines is 1. The van der Waals surface area contributed by atoms with Gasteiger partial charge in [0.05, 0.1) is 11.1 Å². The summed E-state index contributed by atoms with van der Waals surface area (Å²) in [6, 6.07) is 12.1. The van der Waals surface area contributed by atoms with Gasteiger partial charge in [0.25, 0.3) is 0 Å². The van der Waals surface area contributed by atoms with Crippen molar-refractivity contribution in [3.63, 3.8) is 0 Å². The number of H-pyrrole nitrogens is 1. The van der Waals surface area contributed by atoms with E-state index >= 15 is 0 Å². The summed E-state index contributed by atoms with van der Waals surface area (Å²) < 4.78 is 67.5. The molecular weight excluding hydrogens is 583 g/mol. The first-order valence-corrected chi connectivity index (χ1v) is 14.8. The number of pyridine rings is 1. The van der Waals surface area contributed by atoms with Gasteiger partial charge in [-0.05, 0) is 97.2 Å². The quantitative estimate of drug-likeness (QED) is 0.224. The predicted octanol–water partition coefficient (Wildman–Crippen LogP) is 10.1. The summed E-state index contributed by atoms with van der Waals surface area (Å²) >= 11 is 0. The molecule has 0 bridgehead atoms. The van der Waals surface area contributed by atoms with E-state index in [-0.39, 0.29) is 19.8 Å². The zero-order valence-corrected chi connectivity index (χ0v) is 26.0. The Morgan fingerprint density at radius 3 is 2.44 bits per heavy atom. The summed E-state index contributed by atoms with van der Waals surface area (Å²) in [5.41, 5.74) is 6.66. The topological polar surface area (TPSA) is 44.3 Å². The van der Waals surface area contributed by atoms with Gasteiger partial charge in [-0.2, -0.15) is 13.2 Å². The van der Waals surface area contributed by atoms with Crippen LogP contribution in [0.3, 0.4) is 0 Å². The third-order valence-corrected chi connectivity index (χ3v) is 8.24. The first-order valence-electron chi connectivity index (χ1n) is 14.8. The highest BCUT2D eigenvalue weighted by molar-refractivity contribution is 6.08. The number of hydrogen-bond donors (Lipinski definition) is 1. The fraction of sp³-hybridized carbons (Fsp3) is 0.389. The van der Waals surface area contributed by atoms with E-state index in [0.29, 0.717) is 41.7 Å². The van der Waals surface area contributed by atoms with Crippen LogP contribution in [0.15, 0.2) is 65.4 Å². The average molecular weight is 627 g/mol. The third-order valence-electron chi connectivity index (χ3n) is 8.24. The van der Waals surface area contributed by atoms with E-state index in [1.807, 2.05) is 13.0 Å². The van der Waals surface area contributed by atoms with Crippen molar-refractivity contribution in [3.05, 3.63) is 99.9 Å². The number of halogens is 5. The van der Waals surface area contributed by atoms with E-state index in [1.165, 1.54) is 35.6 Å². The molecule has 2 aromatic heterocycles. The number of piperidine rings is 1. The molecule has 4 aromatic rings. The van der Waals surface area contributed by atoms with Gasteiger partial charge in [-0.3, -0.25) is 4.99 Å². The fourth-order valence-corrected chi connectivity index (χ4v) is 5.38. The number of nitrogens with one attached hydrogen (secondary N) is 1. The van der Waals surface area contributed by atoms with Crippen molar-refractivity contribution in [2.45, 2.75) is 67.5 Å². The highest BCUT2D eigenvalue weighted by atomic mass is 19.4. The molecule has 0 atom stereocenters. The molecule has 9 heteroatoms. The van der Waals surface area contributed by atoms with Crippen LogP contribution in [0.4, 0.5) is 27.8 Å². The summed E-state index contributed by atoms with van der Waals surface area (Å²) in [6.45, 7) is 11.4. The molecular formula is C36H43F5N4. The molecule has 3 heterocycles. The number of aromatic nitrogens is 2. The summed E-state index contributed by atoms with van der Waals surface area (Å²) in [4.78, 5) is 12.5. The first-order chi connectivity index (χ1) is 20.8. The minimum absolute atomic E-state index is 0. The molecule has 1 aliphatic rings. The zero-order chi connectivity index (χ0) is 32.2. The van der Waals surface area contributed by atoms with Crippen LogP contribution in [-0.4, -0.2) is 35.8 Å². The highest BCUT2D eigenvalue weighted by Crippen LogP contribution is 2.33. The number of fused-ring (bicyclic) bond motifs is 1. The largest absolute Gasteiger partial charge is 0.417 e. The van der Waals surface area contributed by atoms with Crippen LogP contribution in [0.25, 0.3) is 16.5 Å². The van der Waals surface area contributed by atoms with E-state index in [9.17, 15) is 22.0 Å². The lowest BCUT2D eigenvalue weighted by atomic mass is 9.92. The van der Waals surface area contributed by atoms with E-state index in [1.54, 1.807) is 24.2 Å². The van der Waals surface area contributed by atoms with Crippen LogP contribution in [-0.2, 0) is 12.6 Å². The number of benzene rings is 2. The third kappa shape index (κ3) is 8.38. The monoisotopic (exact) mass is 626 g/mol. The van der Waals surface area contributed by atoms with Crippen LogP contribution in [0.2, 0.25) is 0 Å². The van der Waals surface area contributed by atoms with Crippen LogP contribution < -0.4 is 4.90 Å². The number of rotatable bonds is 5. The second-order valence-electron chi connectivity index (χ2n) is 11.7. The molecule has 0 spiro atoms. The summed E-state index contributed by atoms with van der Waals surface area (Å²) in [7, 11) is 1.64. The Balaban J connectivity index is 0.000000333. The minimum atomic E-state index is -4.67. The van der Waals surface area contributed by atoms with Crippen molar-refractivity contribution in [1.29, 1.82) is 0 Å². The lowest BCUT2D eigenvalue weighted by Gasteiger charge is -2.32. The lowest BCUT2D eigenvalue weighted by molar-refractivity contribution is -0.138. The first kappa shape index (κ1) is 35.5. The Morgan fingerprint density at radius 2 is 1.80 bits per heavy atom. The van der Waals surface area contributed by atoms with Crippen molar-refractivity contribution in [2.24, 2.45) is 10.9 Å². The number of aryl methyl sites for hydroxylation is 2. The normalized spacial score (nSPS) is 15.6. The molecule has 1 saturated heterocycles. The summed E-state index contributed by atoms with van der Waals surface area (Å²) in [5, 5.41) is 0.716. The second kappa shape index (κ2) is 14.8. The Labute approximate surface area is 263 Å². The van der Waals surface area contributed by atoms with E-state index < -0.39 is 23.4 Å². The number of aliphatic imine (C=N–C) groups is 1. The standard InChI is InChI=1S/C22H19F5N4.C13H20.CH4/c1-12(14-7-13-3-5-29-20(13)17(23)8-14)16-11-31(6-4-19(16)28-2)21-18(24)9-15(10-30-21)22(25,26)27;1-10(2)8-9-13-7-5-6-11(3)12(13)4;/h3,5,7-10,29H,4,6,11H2,1-2H3;5-7,10H,8-9H2,1-4H3;1H4/b16-12+,28-19?;;. The molecule has 0 radical (unpaired) electrons. The van der Waals surface area contributed by atoms with Gasteiger partial charge >= 0.3 is 6.18 Å². The van der Waals surface area contributed by atoms with Crippen molar-refractivity contribution in [1.82, 2.24) is 9.97 Å². The number of aromatic amines is 1. The molecule has 1 N–H and O–H groups in total. The van der Waals surface area contributed by atoms with Crippen molar-refractivity contribution in [3.8, 4) is 0 Å². The highest BCUT2D eigenvalue weighted by Gasteiger charge is 2.33. The Kier molecular flexibility index (Phi) is 11.7. The number of allylic oxidation sites excluding steroid dienone is 1. The fourth-order valence-electron chi connectivity index (χ4n) is 5.38. The predicted molar refractivity (Wildman–Crippen MR) is 176 cm³/mol. The summed E-state index contributed by atoms with van der Waals surface area (Å²) in [5.74, 6) is -0.778. The van der Waals surface area contributed by atoms with Gasteiger partial charge in [0.2, 0.25) is 0 Å². The molecule has 4 nitrogen and oxygen atoms in total. The molecule has 0 amide bonds. The maximum atomic E-state index is 14.5. The van der Waals surface area contributed by atoms with Gasteiger partial charge in [-0.1, -0.05) is 39.5 Å². The van der Waals surface area contributed by atoms with Crippen molar-refractivity contribution in [2.75, 3.05) is 25.0 Å². The maximum absolute atomic E-state index is 14.5. The number of nitrogens with zero attached hydrogens (tertiary/aromatic N) is 3. The van der Waals surface area contributed by atoms with E-state index in [4.69, 9.17) is 0 Å². The SMILES string of the molecule is C.CN=C1CCN(c2ncc(C(F)(F)F)cc2F)C/C1=C(/C)c1cc(F)c2[nH]ccc2c1.Cc1cccc(CCC(C)C)c1C. The molecule has 1 aliphatic heterocycles. The maximum Gasteiger partial charge on any atom is 0.417 e. The van der Waals surface area contributed by atoms with Gasteiger partial charge in [0.15, 0.2) is 11.6 Å². The van der Waals surface area contributed by atoms with Crippen LogP contribution >= 0.6 is 0 Å². The average Bonchev–Trinajstić information content (AvgIpc) is 3.46. The molecule has 242 valence electrons. The van der Waals surface area contributed by atoms with Gasteiger partial charge < -0.3 is 9.88 Å². The lowest BCUT2D eigenvalue weighted by Crippen LogP contribution is -2.37. The van der Waals surface area contributed by atoms with E-state index in [0.717, 1.165) is 22.8 Å².